The fraction of sp³-hybridized carbons (Fsp3) is 0.235. The van der Waals surface area contributed by atoms with Gasteiger partial charge >= 0.3 is 6.18 Å². The van der Waals surface area contributed by atoms with Gasteiger partial charge in [0.2, 0.25) is 0 Å². The predicted octanol–water partition coefficient (Wildman–Crippen LogP) is 4.48. The van der Waals surface area contributed by atoms with Crippen molar-refractivity contribution in [2.45, 2.75) is 22.9 Å². The molecule has 2 aromatic carbocycles. The predicted molar refractivity (Wildman–Crippen MR) is 87.0 cm³/mol. The Bertz CT molecular complexity index is 750. The molecule has 1 amide bonds. The number of hydrogen-bond acceptors (Lipinski definition) is 3. The van der Waals surface area contributed by atoms with Crippen molar-refractivity contribution < 1.29 is 31.9 Å². The van der Waals surface area contributed by atoms with Crippen LogP contribution in [0.25, 0.3) is 0 Å². The molecule has 0 spiro atoms. The summed E-state index contributed by atoms with van der Waals surface area (Å²) in [6.07, 6.45) is -5.72. The molecule has 1 unspecified atom stereocenters. The van der Waals surface area contributed by atoms with Crippen molar-refractivity contribution in [3.63, 3.8) is 0 Å². The average molecular weight is 391 g/mol. The Morgan fingerprint density at radius 1 is 1.08 bits per heavy atom. The van der Waals surface area contributed by atoms with Crippen molar-refractivity contribution in [1.82, 2.24) is 5.32 Å². The summed E-state index contributed by atoms with van der Waals surface area (Å²) < 4.78 is 62.6. The second kappa shape index (κ2) is 8.50. The van der Waals surface area contributed by atoms with Gasteiger partial charge in [0.25, 0.3) is 11.7 Å². The SMILES string of the molecule is O=C(NCC(O)c1ccc(C(F)(F)F)cc1)c1ccccc1SC(F)F. The molecule has 9 heteroatoms. The third-order valence-electron chi connectivity index (χ3n) is 3.43. The highest BCUT2D eigenvalue weighted by Gasteiger charge is 2.30. The Morgan fingerprint density at radius 2 is 1.69 bits per heavy atom. The van der Waals surface area contributed by atoms with Crippen LogP contribution in [0, 0.1) is 0 Å². The number of aliphatic hydroxyl groups is 1. The molecular formula is C17H14F5NO2S. The fourth-order valence-electron chi connectivity index (χ4n) is 2.15. The molecule has 0 bridgehead atoms. The van der Waals surface area contributed by atoms with Crippen LogP contribution in [0.15, 0.2) is 53.4 Å². The Kier molecular flexibility index (Phi) is 6.60. The summed E-state index contributed by atoms with van der Waals surface area (Å²) in [7, 11) is 0. The smallest absolute Gasteiger partial charge is 0.387 e. The number of amides is 1. The molecule has 2 rings (SSSR count). The van der Waals surface area contributed by atoms with Gasteiger partial charge in [0.1, 0.15) is 0 Å². The number of rotatable bonds is 6. The molecule has 0 radical (unpaired) electrons. The van der Waals surface area contributed by atoms with Crippen LogP contribution in [0.4, 0.5) is 22.0 Å². The van der Waals surface area contributed by atoms with Crippen LogP contribution in [-0.4, -0.2) is 23.3 Å². The quantitative estimate of drug-likeness (QED) is 0.564. The number of thioether (sulfide) groups is 1. The van der Waals surface area contributed by atoms with E-state index in [4.69, 9.17) is 0 Å². The molecule has 0 aliphatic carbocycles. The van der Waals surface area contributed by atoms with E-state index in [1.54, 1.807) is 0 Å². The minimum absolute atomic E-state index is 0.0254. The van der Waals surface area contributed by atoms with Crippen LogP contribution in [0.3, 0.4) is 0 Å². The summed E-state index contributed by atoms with van der Waals surface area (Å²) in [4.78, 5) is 12.2. The summed E-state index contributed by atoms with van der Waals surface area (Å²) in [6, 6.07) is 9.64. The van der Waals surface area contributed by atoms with Crippen LogP contribution in [0.1, 0.15) is 27.6 Å². The zero-order valence-electron chi connectivity index (χ0n) is 13.1. The maximum Gasteiger partial charge on any atom is 0.416 e. The molecule has 3 nitrogen and oxygen atoms in total. The molecule has 0 saturated heterocycles. The lowest BCUT2D eigenvalue weighted by molar-refractivity contribution is -0.137. The maximum absolute atomic E-state index is 12.5. The highest BCUT2D eigenvalue weighted by molar-refractivity contribution is 7.99. The lowest BCUT2D eigenvalue weighted by Crippen LogP contribution is -2.28. The zero-order valence-corrected chi connectivity index (χ0v) is 14.0. The fourth-order valence-corrected chi connectivity index (χ4v) is 2.79. The number of halogens is 5. The van der Waals surface area contributed by atoms with E-state index in [9.17, 15) is 31.9 Å². The van der Waals surface area contributed by atoms with E-state index >= 15 is 0 Å². The number of carbonyl (C=O) groups excluding carboxylic acids is 1. The van der Waals surface area contributed by atoms with Gasteiger partial charge < -0.3 is 10.4 Å². The van der Waals surface area contributed by atoms with Crippen LogP contribution in [-0.2, 0) is 6.18 Å². The third kappa shape index (κ3) is 5.43. The number of aliphatic hydroxyl groups excluding tert-OH is 1. The van der Waals surface area contributed by atoms with E-state index in [1.165, 1.54) is 24.3 Å². The lowest BCUT2D eigenvalue weighted by atomic mass is 10.1. The number of benzene rings is 2. The van der Waals surface area contributed by atoms with Crippen molar-refractivity contribution in [2.75, 3.05) is 6.54 Å². The van der Waals surface area contributed by atoms with Crippen molar-refractivity contribution in [3.8, 4) is 0 Å². The van der Waals surface area contributed by atoms with E-state index in [1.807, 2.05) is 0 Å². The number of carbonyl (C=O) groups is 1. The summed E-state index contributed by atoms with van der Waals surface area (Å²) in [5.41, 5.74) is -0.638. The molecule has 0 fully saturated rings. The van der Waals surface area contributed by atoms with Gasteiger partial charge in [-0.3, -0.25) is 4.79 Å². The molecule has 2 aromatic rings. The summed E-state index contributed by atoms with van der Waals surface area (Å²) in [5, 5.41) is 12.4. The topological polar surface area (TPSA) is 49.3 Å². The molecule has 0 heterocycles. The van der Waals surface area contributed by atoms with Crippen LogP contribution in [0.5, 0.6) is 0 Å². The Balaban J connectivity index is 2.01. The Hall–Kier alpha value is -2.13. The van der Waals surface area contributed by atoms with Gasteiger partial charge in [0, 0.05) is 11.4 Å². The van der Waals surface area contributed by atoms with E-state index in [0.717, 1.165) is 24.3 Å². The number of alkyl halides is 5. The van der Waals surface area contributed by atoms with Gasteiger partial charge in [-0.2, -0.15) is 22.0 Å². The van der Waals surface area contributed by atoms with Crippen LogP contribution in [0.2, 0.25) is 0 Å². The highest BCUT2D eigenvalue weighted by Crippen LogP contribution is 2.30. The standard InChI is InChI=1S/C17H14F5NO2S/c18-16(19)26-14-4-2-1-3-12(14)15(25)23-9-13(24)10-5-7-11(8-6-10)17(20,21)22/h1-8,13,16,24H,9H2,(H,23,25). The van der Waals surface area contributed by atoms with Gasteiger partial charge in [0.05, 0.1) is 17.2 Å². The van der Waals surface area contributed by atoms with Crippen molar-refractivity contribution in [2.24, 2.45) is 0 Å². The minimum Gasteiger partial charge on any atom is -0.387 e. The van der Waals surface area contributed by atoms with Crippen LogP contribution < -0.4 is 5.32 Å². The van der Waals surface area contributed by atoms with Gasteiger partial charge in [-0.15, -0.1) is 0 Å². The lowest BCUT2D eigenvalue weighted by Gasteiger charge is -2.14. The van der Waals surface area contributed by atoms with E-state index < -0.39 is 29.5 Å². The van der Waals surface area contributed by atoms with E-state index in [2.05, 4.69) is 5.32 Å². The second-order valence-electron chi connectivity index (χ2n) is 5.22. The molecule has 0 aliphatic heterocycles. The van der Waals surface area contributed by atoms with Crippen molar-refractivity contribution in [3.05, 3.63) is 65.2 Å². The first-order valence-electron chi connectivity index (χ1n) is 7.35. The molecule has 0 saturated carbocycles. The number of hydrogen-bond donors (Lipinski definition) is 2. The molecule has 2 N–H and O–H groups in total. The van der Waals surface area contributed by atoms with Crippen molar-refractivity contribution in [1.29, 1.82) is 0 Å². The first-order chi connectivity index (χ1) is 12.2. The van der Waals surface area contributed by atoms with E-state index in [-0.39, 0.29) is 34.3 Å². The molecular weight excluding hydrogens is 377 g/mol. The van der Waals surface area contributed by atoms with Gasteiger partial charge in [-0.25, -0.2) is 0 Å². The normalized spacial score (nSPS) is 12.9. The van der Waals surface area contributed by atoms with Gasteiger partial charge in [0.15, 0.2) is 0 Å². The van der Waals surface area contributed by atoms with Gasteiger partial charge in [-0.05, 0) is 29.8 Å². The Morgan fingerprint density at radius 3 is 2.27 bits per heavy atom. The van der Waals surface area contributed by atoms with E-state index in [0.29, 0.717) is 0 Å². The second-order valence-corrected chi connectivity index (χ2v) is 6.25. The first-order valence-corrected chi connectivity index (χ1v) is 8.23. The average Bonchev–Trinajstić information content (AvgIpc) is 2.58. The monoisotopic (exact) mass is 391 g/mol. The summed E-state index contributed by atoms with van der Waals surface area (Å²) in [6.45, 7) is -0.280. The molecule has 140 valence electrons. The Labute approximate surface area is 150 Å². The maximum atomic E-state index is 12.5. The molecule has 0 aromatic heterocycles. The van der Waals surface area contributed by atoms with Crippen molar-refractivity contribution >= 4 is 17.7 Å². The summed E-state index contributed by atoms with van der Waals surface area (Å²) >= 11 is 0.225. The molecule has 0 aliphatic rings. The molecule has 1 atom stereocenters. The van der Waals surface area contributed by atoms with Gasteiger partial charge in [-0.1, -0.05) is 36.0 Å². The highest BCUT2D eigenvalue weighted by atomic mass is 32.2. The summed E-state index contributed by atoms with van der Waals surface area (Å²) in [5.74, 6) is -3.36. The zero-order chi connectivity index (χ0) is 19.3. The minimum atomic E-state index is -4.48. The number of nitrogens with one attached hydrogen (secondary N) is 1. The van der Waals surface area contributed by atoms with Crippen LogP contribution >= 0.6 is 11.8 Å². The largest absolute Gasteiger partial charge is 0.416 e. The molecule has 26 heavy (non-hydrogen) atoms. The third-order valence-corrected chi connectivity index (χ3v) is 4.21. The first kappa shape index (κ1) is 20.2.